The lowest BCUT2D eigenvalue weighted by Gasteiger charge is -2.17. The highest BCUT2D eigenvalue weighted by Gasteiger charge is 2.16. The first-order valence-corrected chi connectivity index (χ1v) is 8.71. The van der Waals surface area contributed by atoms with Gasteiger partial charge in [-0.15, -0.1) is 11.3 Å². The molecule has 0 fully saturated rings. The minimum Gasteiger partial charge on any atom is -0.462 e. The minimum absolute atomic E-state index is 0.183. The molecule has 0 radical (unpaired) electrons. The van der Waals surface area contributed by atoms with Crippen molar-refractivity contribution >= 4 is 34.9 Å². The monoisotopic (exact) mass is 357 g/mol. The Morgan fingerprint density at radius 2 is 2.00 bits per heavy atom. The Morgan fingerprint density at radius 3 is 2.62 bits per heavy atom. The standard InChI is InChI=1S/C19H16ClNO2S/c1-13-4-9-16(23-13)10-11-18(22)21-19(17-3-2-12-24-17)14-5-7-15(20)8-6-14/h2-12,19H,1H3,(H,21,22)/b11-10+. The molecule has 0 spiro atoms. The molecule has 24 heavy (non-hydrogen) atoms. The van der Waals surface area contributed by atoms with Crippen molar-refractivity contribution in [3.63, 3.8) is 0 Å². The second-order valence-electron chi connectivity index (χ2n) is 5.29. The number of carbonyl (C=O) groups excluding carboxylic acids is 1. The first kappa shape index (κ1) is 16.6. The van der Waals surface area contributed by atoms with Crippen LogP contribution in [-0.4, -0.2) is 5.91 Å². The summed E-state index contributed by atoms with van der Waals surface area (Å²) in [6, 6.07) is 14.9. The molecule has 0 aliphatic heterocycles. The molecule has 3 nitrogen and oxygen atoms in total. The minimum atomic E-state index is -0.210. The Kier molecular flexibility index (Phi) is 5.18. The van der Waals surface area contributed by atoms with Gasteiger partial charge in [-0.2, -0.15) is 0 Å². The summed E-state index contributed by atoms with van der Waals surface area (Å²) in [7, 11) is 0. The van der Waals surface area contributed by atoms with E-state index in [1.165, 1.54) is 6.08 Å². The third kappa shape index (κ3) is 4.16. The van der Waals surface area contributed by atoms with E-state index in [0.29, 0.717) is 10.8 Å². The fourth-order valence-electron chi connectivity index (χ4n) is 2.32. The van der Waals surface area contributed by atoms with Gasteiger partial charge in [0.1, 0.15) is 11.5 Å². The predicted molar refractivity (Wildman–Crippen MR) is 98.2 cm³/mol. The zero-order chi connectivity index (χ0) is 16.9. The lowest BCUT2D eigenvalue weighted by molar-refractivity contribution is -0.116. The van der Waals surface area contributed by atoms with Gasteiger partial charge in [-0.05, 0) is 54.3 Å². The summed E-state index contributed by atoms with van der Waals surface area (Å²) in [4.78, 5) is 13.4. The summed E-state index contributed by atoms with van der Waals surface area (Å²) in [5.74, 6) is 1.28. The van der Waals surface area contributed by atoms with Crippen molar-refractivity contribution in [3.8, 4) is 0 Å². The maximum atomic E-state index is 12.3. The Balaban J connectivity index is 1.78. The van der Waals surface area contributed by atoms with E-state index in [9.17, 15) is 4.79 Å². The van der Waals surface area contributed by atoms with Crippen LogP contribution in [0.2, 0.25) is 5.02 Å². The number of nitrogens with one attached hydrogen (secondary N) is 1. The molecule has 0 aliphatic carbocycles. The molecule has 1 amide bonds. The molecule has 1 atom stereocenters. The van der Waals surface area contributed by atoms with Crippen molar-refractivity contribution in [1.82, 2.24) is 5.32 Å². The first-order chi connectivity index (χ1) is 11.6. The van der Waals surface area contributed by atoms with Gasteiger partial charge in [0.05, 0.1) is 6.04 Å². The van der Waals surface area contributed by atoms with Crippen LogP contribution in [0.15, 0.2) is 64.4 Å². The average Bonchev–Trinajstić information content (AvgIpc) is 3.23. The Labute approximate surface area is 149 Å². The largest absolute Gasteiger partial charge is 0.462 e. The van der Waals surface area contributed by atoms with E-state index in [0.717, 1.165) is 16.2 Å². The molecule has 5 heteroatoms. The van der Waals surface area contributed by atoms with Gasteiger partial charge >= 0.3 is 0 Å². The first-order valence-electron chi connectivity index (χ1n) is 7.46. The van der Waals surface area contributed by atoms with Crippen LogP contribution in [-0.2, 0) is 4.79 Å². The maximum absolute atomic E-state index is 12.3. The number of aryl methyl sites for hydroxylation is 1. The van der Waals surface area contributed by atoms with Crippen molar-refractivity contribution in [2.75, 3.05) is 0 Å². The van der Waals surface area contributed by atoms with Crippen LogP contribution < -0.4 is 5.32 Å². The summed E-state index contributed by atoms with van der Waals surface area (Å²) >= 11 is 7.56. The molecule has 0 saturated heterocycles. The van der Waals surface area contributed by atoms with E-state index in [1.807, 2.05) is 60.8 Å². The normalized spacial score (nSPS) is 12.4. The molecule has 1 unspecified atom stereocenters. The quantitative estimate of drug-likeness (QED) is 0.636. The summed E-state index contributed by atoms with van der Waals surface area (Å²) in [5, 5.41) is 5.69. The number of furan rings is 1. The zero-order valence-corrected chi connectivity index (χ0v) is 14.6. The fourth-order valence-corrected chi connectivity index (χ4v) is 3.25. The number of amides is 1. The number of rotatable bonds is 5. The Bertz CT molecular complexity index is 835. The molecule has 1 N–H and O–H groups in total. The number of hydrogen-bond acceptors (Lipinski definition) is 3. The topological polar surface area (TPSA) is 42.2 Å². The summed E-state index contributed by atoms with van der Waals surface area (Å²) in [6.07, 6.45) is 3.14. The molecule has 122 valence electrons. The highest BCUT2D eigenvalue weighted by atomic mass is 35.5. The van der Waals surface area contributed by atoms with Crippen molar-refractivity contribution in [2.24, 2.45) is 0 Å². The Morgan fingerprint density at radius 1 is 1.21 bits per heavy atom. The van der Waals surface area contributed by atoms with E-state index >= 15 is 0 Å². The van der Waals surface area contributed by atoms with Crippen LogP contribution in [0.1, 0.15) is 28.0 Å². The van der Waals surface area contributed by atoms with Crippen molar-refractivity contribution < 1.29 is 9.21 Å². The number of benzene rings is 1. The van der Waals surface area contributed by atoms with Crippen LogP contribution in [0.25, 0.3) is 6.08 Å². The van der Waals surface area contributed by atoms with Gasteiger partial charge < -0.3 is 9.73 Å². The van der Waals surface area contributed by atoms with Crippen LogP contribution in [0, 0.1) is 6.92 Å². The molecule has 0 bridgehead atoms. The average molecular weight is 358 g/mol. The lowest BCUT2D eigenvalue weighted by Crippen LogP contribution is -2.27. The van der Waals surface area contributed by atoms with Crippen LogP contribution >= 0.6 is 22.9 Å². The van der Waals surface area contributed by atoms with Crippen molar-refractivity contribution in [2.45, 2.75) is 13.0 Å². The molecule has 0 aliphatic rings. The maximum Gasteiger partial charge on any atom is 0.244 e. The molecular weight excluding hydrogens is 342 g/mol. The number of hydrogen-bond donors (Lipinski definition) is 1. The SMILES string of the molecule is Cc1ccc(/C=C/C(=O)NC(c2ccc(Cl)cc2)c2cccs2)o1. The highest BCUT2D eigenvalue weighted by Crippen LogP contribution is 2.27. The fraction of sp³-hybridized carbons (Fsp3) is 0.105. The number of halogens is 1. The van der Waals surface area contributed by atoms with Gasteiger partial charge in [-0.1, -0.05) is 29.8 Å². The van der Waals surface area contributed by atoms with Gasteiger partial charge in [-0.3, -0.25) is 4.79 Å². The van der Waals surface area contributed by atoms with Gasteiger partial charge in [0.25, 0.3) is 0 Å². The summed E-state index contributed by atoms with van der Waals surface area (Å²) in [5.41, 5.74) is 0.984. The molecule has 0 saturated carbocycles. The number of thiophene rings is 1. The second-order valence-corrected chi connectivity index (χ2v) is 6.71. The van der Waals surface area contributed by atoms with Crippen LogP contribution in [0.4, 0.5) is 0 Å². The van der Waals surface area contributed by atoms with E-state index in [1.54, 1.807) is 17.4 Å². The van der Waals surface area contributed by atoms with Gasteiger partial charge in [0.2, 0.25) is 5.91 Å². The van der Waals surface area contributed by atoms with Crippen molar-refractivity contribution in [1.29, 1.82) is 0 Å². The van der Waals surface area contributed by atoms with E-state index < -0.39 is 0 Å². The van der Waals surface area contributed by atoms with Gasteiger partial charge in [0, 0.05) is 16.0 Å². The Hall–Kier alpha value is -2.30. The molecule has 3 rings (SSSR count). The predicted octanol–water partition coefficient (Wildman–Crippen LogP) is 5.22. The van der Waals surface area contributed by atoms with Crippen LogP contribution in [0.3, 0.4) is 0 Å². The molecular formula is C19H16ClNO2S. The molecule has 2 heterocycles. The second kappa shape index (κ2) is 7.51. The number of carbonyl (C=O) groups is 1. The zero-order valence-electron chi connectivity index (χ0n) is 13.0. The summed E-state index contributed by atoms with van der Waals surface area (Å²) < 4.78 is 5.43. The molecule has 1 aromatic carbocycles. The highest BCUT2D eigenvalue weighted by molar-refractivity contribution is 7.10. The van der Waals surface area contributed by atoms with Gasteiger partial charge in [0.15, 0.2) is 0 Å². The third-order valence-electron chi connectivity index (χ3n) is 3.48. The third-order valence-corrected chi connectivity index (χ3v) is 4.67. The van der Waals surface area contributed by atoms with E-state index in [2.05, 4.69) is 5.32 Å². The van der Waals surface area contributed by atoms with Crippen molar-refractivity contribution in [3.05, 3.63) is 87.0 Å². The smallest absolute Gasteiger partial charge is 0.244 e. The van der Waals surface area contributed by atoms with Crippen LogP contribution in [0.5, 0.6) is 0 Å². The summed E-state index contributed by atoms with van der Waals surface area (Å²) in [6.45, 7) is 1.87. The lowest BCUT2D eigenvalue weighted by atomic mass is 10.1. The van der Waals surface area contributed by atoms with Gasteiger partial charge in [-0.25, -0.2) is 0 Å². The van der Waals surface area contributed by atoms with E-state index in [-0.39, 0.29) is 11.9 Å². The molecule has 2 aromatic heterocycles. The molecule has 3 aromatic rings. The van der Waals surface area contributed by atoms with E-state index in [4.69, 9.17) is 16.0 Å².